The van der Waals surface area contributed by atoms with Crippen molar-refractivity contribution in [2.75, 3.05) is 0 Å². The number of rotatable bonds is 6. The summed E-state index contributed by atoms with van der Waals surface area (Å²) >= 11 is 9.00. The van der Waals surface area contributed by atoms with Gasteiger partial charge in [-0.1, -0.05) is 47.6 Å². The fourth-order valence-electron chi connectivity index (χ4n) is 2.91. The third-order valence-electron chi connectivity index (χ3n) is 4.32. The first kappa shape index (κ1) is 21.0. The van der Waals surface area contributed by atoms with Crippen LogP contribution in [-0.2, 0) is 18.3 Å². The van der Waals surface area contributed by atoms with Crippen molar-refractivity contribution < 1.29 is 13.2 Å². The van der Waals surface area contributed by atoms with E-state index in [0.29, 0.717) is 27.9 Å². The molecule has 0 aliphatic carbocycles. The predicted molar refractivity (Wildman–Crippen MR) is 114 cm³/mol. The molecular weight excluding hydrogens is 451 g/mol. The van der Waals surface area contributed by atoms with E-state index in [0.717, 1.165) is 22.5 Å². The van der Waals surface area contributed by atoms with Crippen LogP contribution in [0, 0.1) is 0 Å². The summed E-state index contributed by atoms with van der Waals surface area (Å²) < 4.78 is 40.9. The third-order valence-corrected chi connectivity index (χ3v) is 6.45. The lowest BCUT2D eigenvalue weighted by atomic mass is 10.1. The van der Waals surface area contributed by atoms with Gasteiger partial charge in [-0.15, -0.1) is 21.5 Å². The molecule has 0 unspecified atom stereocenters. The van der Waals surface area contributed by atoms with E-state index in [9.17, 15) is 13.2 Å². The number of halogens is 4. The van der Waals surface area contributed by atoms with Crippen LogP contribution in [-0.4, -0.2) is 14.8 Å². The normalized spacial score (nSPS) is 11.7. The summed E-state index contributed by atoms with van der Waals surface area (Å²) in [6.07, 6.45) is -3.75. The maximum Gasteiger partial charge on any atom is 0.416 e. The van der Waals surface area contributed by atoms with Crippen LogP contribution in [0.25, 0.3) is 5.69 Å². The van der Waals surface area contributed by atoms with Crippen molar-refractivity contribution in [3.63, 3.8) is 0 Å². The Balaban J connectivity index is 1.63. The molecular formula is C21H15ClF3N3S2. The molecule has 0 amide bonds. The second-order valence-electron chi connectivity index (χ2n) is 6.45. The van der Waals surface area contributed by atoms with Gasteiger partial charge >= 0.3 is 6.18 Å². The van der Waals surface area contributed by atoms with Crippen LogP contribution >= 0.6 is 34.7 Å². The highest BCUT2D eigenvalue weighted by Gasteiger charge is 2.30. The first-order valence-electron chi connectivity index (χ1n) is 8.92. The molecule has 4 rings (SSSR count). The second kappa shape index (κ2) is 8.83. The summed E-state index contributed by atoms with van der Waals surface area (Å²) in [6.45, 7) is 0. The van der Waals surface area contributed by atoms with Gasteiger partial charge in [-0.25, -0.2) is 0 Å². The molecule has 0 saturated carbocycles. The summed E-state index contributed by atoms with van der Waals surface area (Å²) in [7, 11) is 0. The Morgan fingerprint density at radius 2 is 1.80 bits per heavy atom. The number of aromatic nitrogens is 3. The van der Waals surface area contributed by atoms with Gasteiger partial charge < -0.3 is 0 Å². The highest BCUT2D eigenvalue weighted by atomic mass is 35.5. The largest absolute Gasteiger partial charge is 0.416 e. The molecule has 4 aromatic rings. The Hall–Kier alpha value is -2.29. The van der Waals surface area contributed by atoms with Crippen LogP contribution in [0.2, 0.25) is 5.02 Å². The van der Waals surface area contributed by atoms with Crippen molar-refractivity contribution in [2.45, 2.75) is 23.5 Å². The minimum atomic E-state index is -4.36. The van der Waals surface area contributed by atoms with E-state index in [1.165, 1.54) is 23.9 Å². The zero-order chi connectivity index (χ0) is 21.1. The minimum Gasteiger partial charge on any atom is -0.274 e. The van der Waals surface area contributed by atoms with Crippen molar-refractivity contribution in [1.29, 1.82) is 0 Å². The van der Waals surface area contributed by atoms with E-state index in [2.05, 4.69) is 10.2 Å². The van der Waals surface area contributed by atoms with Crippen molar-refractivity contribution in [1.82, 2.24) is 14.8 Å². The molecule has 0 aliphatic heterocycles. The molecule has 0 atom stereocenters. The van der Waals surface area contributed by atoms with Crippen LogP contribution < -0.4 is 0 Å². The highest BCUT2D eigenvalue weighted by Crippen LogP contribution is 2.32. The van der Waals surface area contributed by atoms with E-state index in [4.69, 9.17) is 11.6 Å². The van der Waals surface area contributed by atoms with Gasteiger partial charge in [0.05, 0.1) is 5.56 Å². The fraction of sp³-hybridized carbons (Fsp3) is 0.143. The molecule has 0 spiro atoms. The number of thioether (sulfide) groups is 1. The summed E-state index contributed by atoms with van der Waals surface area (Å²) in [5.74, 6) is 1.10. The predicted octanol–water partition coefficient (Wildman–Crippen LogP) is 6.88. The molecule has 2 aromatic carbocycles. The molecule has 2 aromatic heterocycles. The number of nitrogens with zero attached hydrogens (tertiary/aromatic N) is 3. The average Bonchev–Trinajstić information content (AvgIpc) is 3.37. The molecule has 3 nitrogen and oxygen atoms in total. The van der Waals surface area contributed by atoms with Gasteiger partial charge in [0.1, 0.15) is 5.82 Å². The lowest BCUT2D eigenvalue weighted by Gasteiger charge is -2.11. The summed E-state index contributed by atoms with van der Waals surface area (Å²) in [4.78, 5) is 1.15. The van der Waals surface area contributed by atoms with Crippen molar-refractivity contribution in [3.8, 4) is 5.69 Å². The zero-order valence-electron chi connectivity index (χ0n) is 15.4. The van der Waals surface area contributed by atoms with Gasteiger partial charge in [0.2, 0.25) is 0 Å². The standard InChI is InChI=1S/C21H15ClF3N3S2/c22-16-6-8-17(9-7-16)28-19(12-18-5-2-10-29-18)26-27-20(28)30-13-14-3-1-4-15(11-14)21(23,24)25/h1-11H,12-13H2. The number of benzene rings is 2. The minimum absolute atomic E-state index is 0.342. The van der Waals surface area contributed by atoms with Crippen molar-refractivity contribution >= 4 is 34.7 Å². The Labute approximate surface area is 184 Å². The Morgan fingerprint density at radius 3 is 2.50 bits per heavy atom. The number of hydrogen-bond acceptors (Lipinski definition) is 4. The van der Waals surface area contributed by atoms with E-state index < -0.39 is 11.7 Å². The number of hydrogen-bond donors (Lipinski definition) is 0. The Kier molecular flexibility index (Phi) is 6.17. The molecule has 154 valence electrons. The summed E-state index contributed by atoms with van der Waals surface area (Å²) in [6, 6.07) is 16.7. The zero-order valence-corrected chi connectivity index (χ0v) is 17.8. The first-order valence-corrected chi connectivity index (χ1v) is 11.2. The molecule has 0 fully saturated rings. The van der Waals surface area contributed by atoms with Gasteiger partial charge in [-0.3, -0.25) is 4.57 Å². The first-order chi connectivity index (χ1) is 14.4. The van der Waals surface area contributed by atoms with Crippen molar-refractivity contribution in [3.05, 3.63) is 92.9 Å². The van der Waals surface area contributed by atoms with E-state index in [-0.39, 0.29) is 0 Å². The lowest BCUT2D eigenvalue weighted by Crippen LogP contribution is -2.05. The maximum atomic E-state index is 13.0. The maximum absolute atomic E-state index is 13.0. The molecule has 30 heavy (non-hydrogen) atoms. The molecule has 0 radical (unpaired) electrons. The van der Waals surface area contributed by atoms with E-state index in [1.807, 2.05) is 34.2 Å². The molecule has 0 N–H and O–H groups in total. The van der Waals surface area contributed by atoms with Gasteiger partial charge in [0.15, 0.2) is 5.16 Å². The molecule has 0 aliphatic rings. The summed E-state index contributed by atoms with van der Waals surface area (Å²) in [5, 5.41) is 11.9. The van der Waals surface area contributed by atoms with Gasteiger partial charge in [0.25, 0.3) is 0 Å². The van der Waals surface area contributed by atoms with E-state index >= 15 is 0 Å². The van der Waals surface area contributed by atoms with Crippen LogP contribution in [0.1, 0.15) is 21.8 Å². The highest BCUT2D eigenvalue weighted by molar-refractivity contribution is 7.98. The fourth-order valence-corrected chi connectivity index (χ4v) is 4.65. The average molecular weight is 466 g/mol. The topological polar surface area (TPSA) is 30.7 Å². The third kappa shape index (κ3) is 4.88. The molecule has 0 bridgehead atoms. The van der Waals surface area contributed by atoms with Gasteiger partial charge in [-0.2, -0.15) is 13.2 Å². The number of thiophene rings is 1. The van der Waals surface area contributed by atoms with Gasteiger partial charge in [0, 0.05) is 27.8 Å². The quantitative estimate of drug-likeness (QED) is 0.291. The second-order valence-corrected chi connectivity index (χ2v) is 8.86. The SMILES string of the molecule is FC(F)(F)c1cccc(CSc2nnc(Cc3cccs3)n2-c2ccc(Cl)cc2)c1. The number of alkyl halides is 3. The summed E-state index contributed by atoms with van der Waals surface area (Å²) in [5.41, 5.74) is 0.765. The monoisotopic (exact) mass is 465 g/mol. The molecule has 2 heterocycles. The van der Waals surface area contributed by atoms with Crippen LogP contribution in [0.15, 0.2) is 71.2 Å². The molecule has 0 saturated heterocycles. The van der Waals surface area contributed by atoms with Crippen LogP contribution in [0.5, 0.6) is 0 Å². The Morgan fingerprint density at radius 1 is 1.00 bits per heavy atom. The smallest absolute Gasteiger partial charge is 0.274 e. The van der Waals surface area contributed by atoms with Crippen LogP contribution in [0.3, 0.4) is 0 Å². The van der Waals surface area contributed by atoms with Crippen LogP contribution in [0.4, 0.5) is 13.2 Å². The molecule has 9 heteroatoms. The van der Waals surface area contributed by atoms with Crippen molar-refractivity contribution in [2.24, 2.45) is 0 Å². The van der Waals surface area contributed by atoms with Gasteiger partial charge in [-0.05, 0) is 47.3 Å². The Bertz CT molecular complexity index is 1120. The van der Waals surface area contributed by atoms with E-state index in [1.54, 1.807) is 29.5 Å². The lowest BCUT2D eigenvalue weighted by molar-refractivity contribution is -0.137.